The Morgan fingerprint density at radius 1 is 1.23 bits per heavy atom. The summed E-state index contributed by atoms with van der Waals surface area (Å²) in [6.45, 7) is 0. The molecule has 70 valence electrons. The van der Waals surface area contributed by atoms with Crippen LogP contribution in [0.25, 0.3) is 0 Å². The zero-order valence-electron chi connectivity index (χ0n) is 6.73. The SMILES string of the molecule is FC(F)(F)[C@@H]1Cc2ccccc2N1. The average molecular weight is 187 g/mol. The van der Waals surface area contributed by atoms with Gasteiger partial charge in [0.2, 0.25) is 0 Å². The van der Waals surface area contributed by atoms with E-state index >= 15 is 0 Å². The van der Waals surface area contributed by atoms with E-state index in [1.165, 1.54) is 0 Å². The summed E-state index contributed by atoms with van der Waals surface area (Å²) in [7, 11) is 0. The largest absolute Gasteiger partial charge is 0.408 e. The van der Waals surface area contributed by atoms with Crippen molar-refractivity contribution in [3.63, 3.8) is 0 Å². The lowest BCUT2D eigenvalue weighted by atomic mass is 10.1. The summed E-state index contributed by atoms with van der Waals surface area (Å²) in [5.74, 6) is 0. The Kier molecular flexibility index (Phi) is 1.71. The van der Waals surface area contributed by atoms with Gasteiger partial charge in [-0.25, -0.2) is 0 Å². The minimum atomic E-state index is -4.15. The van der Waals surface area contributed by atoms with Crippen molar-refractivity contribution in [3.05, 3.63) is 29.8 Å². The predicted molar refractivity (Wildman–Crippen MR) is 43.6 cm³/mol. The summed E-state index contributed by atoms with van der Waals surface area (Å²) >= 11 is 0. The molecule has 0 bridgehead atoms. The number of anilines is 1. The van der Waals surface area contributed by atoms with E-state index in [1.807, 2.05) is 0 Å². The maximum Gasteiger partial charge on any atom is 0.408 e. The molecule has 0 saturated heterocycles. The quantitative estimate of drug-likeness (QED) is 0.658. The number of para-hydroxylation sites is 1. The molecule has 1 aliphatic heterocycles. The molecule has 0 unspecified atom stereocenters. The molecule has 1 N–H and O–H groups in total. The van der Waals surface area contributed by atoms with Crippen LogP contribution in [0.4, 0.5) is 18.9 Å². The number of rotatable bonds is 0. The van der Waals surface area contributed by atoms with Crippen LogP contribution in [0.2, 0.25) is 0 Å². The van der Waals surface area contributed by atoms with Crippen molar-refractivity contribution in [1.82, 2.24) is 0 Å². The molecule has 0 spiro atoms. The molecule has 13 heavy (non-hydrogen) atoms. The molecule has 0 aromatic heterocycles. The Morgan fingerprint density at radius 2 is 1.92 bits per heavy atom. The van der Waals surface area contributed by atoms with Crippen molar-refractivity contribution in [2.24, 2.45) is 0 Å². The second-order valence-corrected chi connectivity index (χ2v) is 3.10. The van der Waals surface area contributed by atoms with E-state index in [0.717, 1.165) is 5.56 Å². The summed E-state index contributed by atoms with van der Waals surface area (Å²) in [6.07, 6.45) is -4.11. The van der Waals surface area contributed by atoms with Crippen LogP contribution in [-0.2, 0) is 6.42 Å². The zero-order chi connectivity index (χ0) is 9.47. The van der Waals surface area contributed by atoms with E-state index in [1.54, 1.807) is 24.3 Å². The van der Waals surface area contributed by atoms with E-state index < -0.39 is 12.2 Å². The molecule has 0 amide bonds. The molecule has 0 aliphatic carbocycles. The number of alkyl halides is 3. The number of benzene rings is 1. The van der Waals surface area contributed by atoms with Crippen LogP contribution < -0.4 is 5.32 Å². The smallest absolute Gasteiger partial charge is 0.373 e. The van der Waals surface area contributed by atoms with Gasteiger partial charge in [0.15, 0.2) is 0 Å². The van der Waals surface area contributed by atoms with Gasteiger partial charge in [-0.05, 0) is 11.6 Å². The third-order valence-electron chi connectivity index (χ3n) is 2.17. The number of nitrogens with one attached hydrogen (secondary N) is 1. The molecule has 1 aliphatic rings. The van der Waals surface area contributed by atoms with Crippen LogP contribution in [-0.4, -0.2) is 12.2 Å². The monoisotopic (exact) mass is 187 g/mol. The Balaban J connectivity index is 2.23. The van der Waals surface area contributed by atoms with Crippen LogP contribution in [0.15, 0.2) is 24.3 Å². The Hall–Kier alpha value is -1.19. The first kappa shape index (κ1) is 8.41. The summed E-state index contributed by atoms with van der Waals surface area (Å²) in [6, 6.07) is 5.45. The number of halogens is 3. The van der Waals surface area contributed by atoms with Crippen LogP contribution in [0.3, 0.4) is 0 Å². The van der Waals surface area contributed by atoms with Crippen LogP contribution in [0.1, 0.15) is 5.56 Å². The Labute approximate surface area is 73.6 Å². The molecule has 0 radical (unpaired) electrons. The van der Waals surface area contributed by atoms with Crippen molar-refractivity contribution in [1.29, 1.82) is 0 Å². The van der Waals surface area contributed by atoms with Crippen molar-refractivity contribution in [2.45, 2.75) is 18.6 Å². The first-order valence-corrected chi connectivity index (χ1v) is 3.98. The third-order valence-corrected chi connectivity index (χ3v) is 2.17. The fraction of sp³-hybridized carbons (Fsp3) is 0.333. The first-order chi connectivity index (χ1) is 6.07. The van der Waals surface area contributed by atoms with Gasteiger partial charge < -0.3 is 5.32 Å². The average Bonchev–Trinajstić information content (AvgIpc) is 2.45. The number of hydrogen-bond acceptors (Lipinski definition) is 1. The summed E-state index contributed by atoms with van der Waals surface area (Å²) in [4.78, 5) is 0. The standard InChI is InChI=1S/C9H8F3N/c10-9(11,12)8-5-6-3-1-2-4-7(6)13-8/h1-4,8,13H,5H2/t8-/m0/s1. The van der Waals surface area contributed by atoms with Gasteiger partial charge in [0, 0.05) is 12.1 Å². The van der Waals surface area contributed by atoms with Gasteiger partial charge in [-0.15, -0.1) is 0 Å². The second-order valence-electron chi connectivity index (χ2n) is 3.10. The fourth-order valence-corrected chi connectivity index (χ4v) is 1.50. The Morgan fingerprint density at radius 3 is 2.54 bits per heavy atom. The summed E-state index contributed by atoms with van der Waals surface area (Å²) in [5.41, 5.74) is 1.34. The van der Waals surface area contributed by atoms with Gasteiger partial charge in [0.1, 0.15) is 6.04 Å². The minimum Gasteiger partial charge on any atom is -0.373 e. The molecular weight excluding hydrogens is 179 g/mol. The molecule has 1 aromatic rings. The van der Waals surface area contributed by atoms with E-state index in [-0.39, 0.29) is 6.42 Å². The highest BCUT2D eigenvalue weighted by molar-refractivity contribution is 5.56. The second kappa shape index (κ2) is 2.65. The zero-order valence-corrected chi connectivity index (χ0v) is 6.73. The van der Waals surface area contributed by atoms with E-state index in [2.05, 4.69) is 5.32 Å². The Bertz CT molecular complexity index is 294. The van der Waals surface area contributed by atoms with Crippen molar-refractivity contribution in [3.8, 4) is 0 Å². The third kappa shape index (κ3) is 1.48. The van der Waals surface area contributed by atoms with Crippen molar-refractivity contribution >= 4 is 5.69 Å². The highest BCUT2D eigenvalue weighted by Gasteiger charge is 2.42. The van der Waals surface area contributed by atoms with Gasteiger partial charge in [-0.2, -0.15) is 13.2 Å². The van der Waals surface area contributed by atoms with E-state index in [0.29, 0.717) is 5.69 Å². The van der Waals surface area contributed by atoms with Crippen LogP contribution >= 0.6 is 0 Å². The van der Waals surface area contributed by atoms with Gasteiger partial charge in [0.25, 0.3) is 0 Å². The van der Waals surface area contributed by atoms with Gasteiger partial charge in [0.05, 0.1) is 0 Å². The fourth-order valence-electron chi connectivity index (χ4n) is 1.50. The van der Waals surface area contributed by atoms with Crippen molar-refractivity contribution < 1.29 is 13.2 Å². The van der Waals surface area contributed by atoms with Crippen LogP contribution in [0.5, 0.6) is 0 Å². The van der Waals surface area contributed by atoms with Gasteiger partial charge in [-0.1, -0.05) is 18.2 Å². The van der Waals surface area contributed by atoms with Gasteiger partial charge >= 0.3 is 6.18 Å². The predicted octanol–water partition coefficient (Wildman–Crippen LogP) is 2.59. The lowest BCUT2D eigenvalue weighted by molar-refractivity contribution is -0.140. The first-order valence-electron chi connectivity index (χ1n) is 3.98. The lowest BCUT2D eigenvalue weighted by Crippen LogP contribution is -2.34. The highest BCUT2D eigenvalue weighted by atomic mass is 19.4. The molecule has 0 saturated carbocycles. The normalized spacial score (nSPS) is 21.0. The van der Waals surface area contributed by atoms with Crippen molar-refractivity contribution in [2.75, 3.05) is 5.32 Å². The number of fused-ring (bicyclic) bond motifs is 1. The highest BCUT2D eigenvalue weighted by Crippen LogP contribution is 2.33. The molecule has 1 atom stereocenters. The summed E-state index contributed by atoms with van der Waals surface area (Å²) in [5, 5.41) is 2.45. The topological polar surface area (TPSA) is 12.0 Å². The van der Waals surface area contributed by atoms with E-state index in [9.17, 15) is 13.2 Å². The molecule has 1 heterocycles. The molecule has 0 fully saturated rings. The maximum atomic E-state index is 12.3. The molecule has 2 rings (SSSR count). The summed E-state index contributed by atoms with van der Waals surface area (Å²) < 4.78 is 36.8. The molecule has 1 aromatic carbocycles. The molecule has 1 nitrogen and oxygen atoms in total. The van der Waals surface area contributed by atoms with Gasteiger partial charge in [-0.3, -0.25) is 0 Å². The number of hydrogen-bond donors (Lipinski definition) is 1. The lowest BCUT2D eigenvalue weighted by Gasteiger charge is -2.14. The molecule has 4 heteroatoms. The molecular formula is C9H8F3N. The van der Waals surface area contributed by atoms with E-state index in [4.69, 9.17) is 0 Å². The maximum absolute atomic E-state index is 12.3. The minimum absolute atomic E-state index is 0.0413. The van der Waals surface area contributed by atoms with Crippen LogP contribution in [0, 0.1) is 0 Å².